The normalized spacial score (nSPS) is 23.9. The van der Waals surface area contributed by atoms with Crippen molar-refractivity contribution in [3.05, 3.63) is 22.8 Å². The number of hydrogen-bond donors (Lipinski definition) is 0. The molecule has 1 heterocycles. The second kappa shape index (κ2) is 6.63. The van der Waals surface area contributed by atoms with Gasteiger partial charge in [0, 0.05) is 12.1 Å². The third kappa shape index (κ3) is 3.76. The topological polar surface area (TPSA) is 22.1 Å². The molecule has 0 aromatic carbocycles. The zero-order valence-corrected chi connectivity index (χ0v) is 12.2. The smallest absolute Gasteiger partial charge is 0.232 e. The molecule has 18 heavy (non-hydrogen) atoms. The summed E-state index contributed by atoms with van der Waals surface area (Å²) in [6, 6.07) is 1.82. The third-order valence-corrected chi connectivity index (χ3v) is 4.10. The van der Waals surface area contributed by atoms with E-state index >= 15 is 0 Å². The Bertz CT molecular complexity index is 397. The Labute approximate surface area is 119 Å². The molecule has 0 aliphatic heterocycles. The van der Waals surface area contributed by atoms with Gasteiger partial charge in [-0.3, -0.25) is 0 Å². The molecule has 100 valence electrons. The van der Waals surface area contributed by atoms with E-state index in [0.29, 0.717) is 22.7 Å². The molecule has 1 aromatic rings. The SMILES string of the molecule is CC1CCCC(COc2ncc(CCl)cc2Cl)C1. The lowest BCUT2D eigenvalue weighted by molar-refractivity contribution is 0.178. The van der Waals surface area contributed by atoms with Crippen LogP contribution in [0.25, 0.3) is 0 Å². The van der Waals surface area contributed by atoms with Crippen LogP contribution < -0.4 is 4.74 Å². The van der Waals surface area contributed by atoms with Crippen LogP contribution in [0.15, 0.2) is 12.3 Å². The quantitative estimate of drug-likeness (QED) is 0.750. The Morgan fingerprint density at radius 1 is 1.44 bits per heavy atom. The van der Waals surface area contributed by atoms with Gasteiger partial charge in [-0.05, 0) is 36.3 Å². The molecule has 0 amide bonds. The van der Waals surface area contributed by atoms with E-state index in [1.807, 2.05) is 6.07 Å². The van der Waals surface area contributed by atoms with Crippen molar-refractivity contribution in [2.24, 2.45) is 11.8 Å². The van der Waals surface area contributed by atoms with E-state index in [1.54, 1.807) is 6.20 Å². The minimum Gasteiger partial charge on any atom is -0.476 e. The Hall–Kier alpha value is -0.470. The van der Waals surface area contributed by atoms with Crippen LogP contribution in [0, 0.1) is 11.8 Å². The number of aromatic nitrogens is 1. The molecule has 4 heteroatoms. The predicted octanol–water partition coefficient (Wildman–Crippen LogP) is 4.68. The van der Waals surface area contributed by atoms with Crippen LogP contribution in [0.1, 0.15) is 38.2 Å². The highest BCUT2D eigenvalue weighted by molar-refractivity contribution is 6.32. The maximum atomic E-state index is 6.11. The molecule has 1 fully saturated rings. The molecule has 1 saturated carbocycles. The molecule has 1 aliphatic carbocycles. The van der Waals surface area contributed by atoms with E-state index in [9.17, 15) is 0 Å². The van der Waals surface area contributed by atoms with Gasteiger partial charge in [-0.15, -0.1) is 11.6 Å². The van der Waals surface area contributed by atoms with Gasteiger partial charge in [-0.2, -0.15) is 0 Å². The third-order valence-electron chi connectivity index (χ3n) is 3.52. The average molecular weight is 288 g/mol. The first kappa shape index (κ1) is 14.0. The Balaban J connectivity index is 1.89. The van der Waals surface area contributed by atoms with Crippen molar-refractivity contribution < 1.29 is 4.74 Å². The highest BCUT2D eigenvalue weighted by Crippen LogP contribution is 2.30. The Morgan fingerprint density at radius 2 is 2.28 bits per heavy atom. The highest BCUT2D eigenvalue weighted by Gasteiger charge is 2.19. The van der Waals surface area contributed by atoms with Crippen molar-refractivity contribution in [2.75, 3.05) is 6.61 Å². The molecule has 2 atom stereocenters. The van der Waals surface area contributed by atoms with Crippen molar-refractivity contribution >= 4 is 23.2 Å². The molecule has 2 unspecified atom stereocenters. The number of halogens is 2. The average Bonchev–Trinajstić information content (AvgIpc) is 2.37. The van der Waals surface area contributed by atoms with Gasteiger partial charge in [-0.1, -0.05) is 31.4 Å². The van der Waals surface area contributed by atoms with Crippen molar-refractivity contribution in [1.82, 2.24) is 4.98 Å². The van der Waals surface area contributed by atoms with Gasteiger partial charge < -0.3 is 4.74 Å². The Morgan fingerprint density at radius 3 is 2.94 bits per heavy atom. The van der Waals surface area contributed by atoms with E-state index in [1.165, 1.54) is 25.7 Å². The molecule has 0 radical (unpaired) electrons. The lowest BCUT2D eigenvalue weighted by atomic mass is 9.83. The van der Waals surface area contributed by atoms with Crippen molar-refractivity contribution in [3.63, 3.8) is 0 Å². The number of rotatable bonds is 4. The zero-order valence-electron chi connectivity index (χ0n) is 10.7. The fraction of sp³-hybridized carbons (Fsp3) is 0.643. The summed E-state index contributed by atoms with van der Waals surface area (Å²) in [5, 5.41) is 0.553. The zero-order chi connectivity index (χ0) is 13.0. The van der Waals surface area contributed by atoms with Crippen LogP contribution in [0.4, 0.5) is 0 Å². The second-order valence-corrected chi connectivity index (χ2v) is 5.89. The van der Waals surface area contributed by atoms with Crippen LogP contribution in [0.2, 0.25) is 5.02 Å². The van der Waals surface area contributed by atoms with Crippen molar-refractivity contribution in [2.45, 2.75) is 38.5 Å². The van der Waals surface area contributed by atoms with Crippen molar-refractivity contribution in [3.8, 4) is 5.88 Å². The number of nitrogens with zero attached hydrogens (tertiary/aromatic N) is 1. The van der Waals surface area contributed by atoms with Crippen LogP contribution in [-0.4, -0.2) is 11.6 Å². The van der Waals surface area contributed by atoms with E-state index in [2.05, 4.69) is 11.9 Å². The van der Waals surface area contributed by atoms with Gasteiger partial charge in [0.25, 0.3) is 0 Å². The first-order valence-electron chi connectivity index (χ1n) is 6.52. The number of ether oxygens (including phenoxy) is 1. The van der Waals surface area contributed by atoms with Crippen LogP contribution in [-0.2, 0) is 5.88 Å². The molecule has 2 rings (SSSR count). The van der Waals surface area contributed by atoms with Crippen LogP contribution in [0.3, 0.4) is 0 Å². The monoisotopic (exact) mass is 287 g/mol. The van der Waals surface area contributed by atoms with E-state index in [4.69, 9.17) is 27.9 Å². The second-order valence-electron chi connectivity index (χ2n) is 5.21. The molecule has 0 bridgehead atoms. The Kier molecular flexibility index (Phi) is 5.13. The fourth-order valence-corrected chi connectivity index (χ4v) is 2.94. The summed E-state index contributed by atoms with van der Waals surface area (Å²) in [5.41, 5.74) is 0.917. The lowest BCUT2D eigenvalue weighted by Crippen LogP contribution is -2.20. The van der Waals surface area contributed by atoms with Gasteiger partial charge in [0.05, 0.1) is 6.61 Å². The first-order chi connectivity index (χ1) is 8.69. The fourth-order valence-electron chi connectivity index (χ4n) is 2.55. The largest absolute Gasteiger partial charge is 0.476 e. The standard InChI is InChI=1S/C14H19Cl2NO/c1-10-3-2-4-11(5-10)9-18-14-13(16)6-12(7-15)8-17-14/h6,8,10-11H,2-5,7,9H2,1H3. The maximum absolute atomic E-state index is 6.11. The summed E-state index contributed by atoms with van der Waals surface area (Å²) in [7, 11) is 0. The summed E-state index contributed by atoms with van der Waals surface area (Å²) in [6.07, 6.45) is 6.87. The summed E-state index contributed by atoms with van der Waals surface area (Å²) < 4.78 is 5.74. The van der Waals surface area contributed by atoms with E-state index in [0.717, 1.165) is 18.1 Å². The van der Waals surface area contributed by atoms with Gasteiger partial charge >= 0.3 is 0 Å². The summed E-state index contributed by atoms with van der Waals surface area (Å²) in [6.45, 7) is 3.03. The molecule has 1 aromatic heterocycles. The van der Waals surface area contributed by atoms with Crippen molar-refractivity contribution in [1.29, 1.82) is 0 Å². The molecular weight excluding hydrogens is 269 g/mol. The maximum Gasteiger partial charge on any atom is 0.232 e. The minimum absolute atomic E-state index is 0.424. The lowest BCUT2D eigenvalue weighted by Gasteiger charge is -2.26. The highest BCUT2D eigenvalue weighted by atomic mass is 35.5. The molecule has 2 nitrogen and oxygen atoms in total. The summed E-state index contributed by atoms with van der Waals surface area (Å²) >= 11 is 11.8. The van der Waals surface area contributed by atoms with E-state index < -0.39 is 0 Å². The summed E-state index contributed by atoms with van der Waals surface area (Å²) in [5.74, 6) is 2.41. The van der Waals surface area contributed by atoms with Gasteiger partial charge in [0.1, 0.15) is 5.02 Å². The van der Waals surface area contributed by atoms with Gasteiger partial charge in [0.15, 0.2) is 0 Å². The van der Waals surface area contributed by atoms with Crippen LogP contribution in [0.5, 0.6) is 5.88 Å². The van der Waals surface area contributed by atoms with Gasteiger partial charge in [0.2, 0.25) is 5.88 Å². The molecule has 0 saturated heterocycles. The molecular formula is C14H19Cl2NO. The number of alkyl halides is 1. The number of pyridine rings is 1. The molecule has 0 N–H and O–H groups in total. The minimum atomic E-state index is 0.424. The molecule has 1 aliphatic rings. The number of hydrogen-bond acceptors (Lipinski definition) is 2. The summed E-state index contributed by atoms with van der Waals surface area (Å²) in [4.78, 5) is 4.21. The van der Waals surface area contributed by atoms with E-state index in [-0.39, 0.29) is 0 Å². The van der Waals surface area contributed by atoms with Crippen LogP contribution >= 0.6 is 23.2 Å². The molecule has 0 spiro atoms. The predicted molar refractivity (Wildman–Crippen MR) is 75.4 cm³/mol. The first-order valence-corrected chi connectivity index (χ1v) is 7.43. The van der Waals surface area contributed by atoms with Gasteiger partial charge in [-0.25, -0.2) is 4.98 Å².